The Labute approximate surface area is 310 Å². The number of carbonyl (C=O) groups is 5. The molecular weight excluding hydrogens is 688 g/mol. The van der Waals surface area contributed by atoms with E-state index in [0.29, 0.717) is 31.4 Å². The summed E-state index contributed by atoms with van der Waals surface area (Å²) >= 11 is 0. The fraction of sp³-hybridized carbons (Fsp3) is 0.639. The zero-order valence-corrected chi connectivity index (χ0v) is 31.3. The molecule has 17 nitrogen and oxygen atoms in total. The van der Waals surface area contributed by atoms with E-state index in [0.717, 1.165) is 12.8 Å². The van der Waals surface area contributed by atoms with Crippen molar-refractivity contribution in [2.24, 2.45) is 27.8 Å². The highest BCUT2D eigenvalue weighted by Crippen LogP contribution is 2.55. The molecule has 1 unspecified atom stereocenters. The predicted octanol–water partition coefficient (Wildman–Crippen LogP) is 1.43. The number of hydrogen-bond donors (Lipinski definition) is 7. The second-order valence-electron chi connectivity index (χ2n) is 14.5. The number of aromatic nitrogens is 1. The lowest BCUT2D eigenvalue weighted by atomic mass is 9.61. The first kappa shape index (κ1) is 42.6. The second-order valence-corrected chi connectivity index (χ2v) is 14.5. The molecule has 0 aromatic carbocycles. The Morgan fingerprint density at radius 1 is 1.15 bits per heavy atom. The monoisotopic (exact) mass is 744 g/mol. The van der Waals surface area contributed by atoms with Gasteiger partial charge in [-0.25, -0.2) is 4.79 Å². The van der Waals surface area contributed by atoms with E-state index in [1.807, 2.05) is 0 Å². The number of alkyl carbamates (subject to hydrolysis) is 1. The number of guanidine groups is 1. The first-order valence-electron chi connectivity index (χ1n) is 17.8. The minimum Gasteiger partial charge on any atom is -0.481 e. The summed E-state index contributed by atoms with van der Waals surface area (Å²) in [5, 5.41) is 19.4. The van der Waals surface area contributed by atoms with Gasteiger partial charge in [-0.2, -0.15) is 0 Å². The number of carboxylic acids is 1. The predicted molar refractivity (Wildman–Crippen MR) is 195 cm³/mol. The Hall–Kier alpha value is -4.77. The molecule has 2 aliphatic rings. The van der Waals surface area contributed by atoms with Gasteiger partial charge in [0.1, 0.15) is 24.8 Å². The molecule has 53 heavy (non-hydrogen) atoms. The maximum Gasteiger partial charge on any atom is 0.407 e. The molecule has 4 amide bonds. The summed E-state index contributed by atoms with van der Waals surface area (Å²) in [6, 6.07) is 1.24. The van der Waals surface area contributed by atoms with Gasteiger partial charge in [0, 0.05) is 32.0 Å². The van der Waals surface area contributed by atoms with Gasteiger partial charge in [-0.1, -0.05) is 31.6 Å². The summed E-state index contributed by atoms with van der Waals surface area (Å²) in [4.78, 5) is 71.0. The number of rotatable bonds is 20. The van der Waals surface area contributed by atoms with Crippen LogP contribution in [0.15, 0.2) is 41.2 Å². The topological polar surface area (TPSA) is 262 Å². The van der Waals surface area contributed by atoms with Crippen LogP contribution in [-0.4, -0.2) is 103 Å². The Bertz CT molecular complexity index is 1470. The fourth-order valence-corrected chi connectivity index (χ4v) is 6.99. The van der Waals surface area contributed by atoms with Crippen LogP contribution in [0.2, 0.25) is 0 Å². The second kappa shape index (κ2) is 19.9. The van der Waals surface area contributed by atoms with E-state index in [4.69, 9.17) is 25.7 Å². The van der Waals surface area contributed by atoms with Crippen LogP contribution in [0.25, 0.3) is 0 Å². The molecule has 0 radical (unpaired) electrons. The van der Waals surface area contributed by atoms with Gasteiger partial charge < -0.3 is 52.1 Å². The van der Waals surface area contributed by atoms with Gasteiger partial charge in [-0.05, 0) is 69.4 Å². The Morgan fingerprint density at radius 2 is 1.85 bits per heavy atom. The first-order valence-corrected chi connectivity index (χ1v) is 17.8. The highest BCUT2D eigenvalue weighted by molar-refractivity contribution is 5.91. The summed E-state index contributed by atoms with van der Waals surface area (Å²) < 4.78 is 17.8. The fourth-order valence-electron chi connectivity index (χ4n) is 6.99. The summed E-state index contributed by atoms with van der Waals surface area (Å²) in [6.45, 7) is 8.33. The van der Waals surface area contributed by atoms with Gasteiger partial charge in [-0.3, -0.25) is 29.2 Å². The number of hydrogen-bond acceptors (Lipinski definition) is 10. The van der Waals surface area contributed by atoms with Crippen molar-refractivity contribution >= 4 is 35.7 Å². The van der Waals surface area contributed by atoms with Crippen molar-refractivity contribution in [2.75, 3.05) is 33.4 Å². The molecule has 294 valence electrons. The number of nitrogens with one attached hydrogen (secondary N) is 4. The normalized spacial score (nSPS) is 21.6. The Balaban J connectivity index is 1.57. The van der Waals surface area contributed by atoms with Crippen molar-refractivity contribution < 1.29 is 43.3 Å². The van der Waals surface area contributed by atoms with Gasteiger partial charge in [0.2, 0.25) is 17.7 Å². The van der Waals surface area contributed by atoms with Crippen molar-refractivity contribution in [3.05, 3.63) is 41.7 Å². The minimum atomic E-state index is -1.14. The number of carbonyl (C=O) groups excluding carboxylic acids is 4. The molecule has 2 heterocycles. The van der Waals surface area contributed by atoms with Crippen molar-refractivity contribution in [2.45, 2.75) is 103 Å². The lowest BCUT2D eigenvalue weighted by molar-refractivity contribution is -0.138. The molecule has 1 spiro atoms. The molecule has 1 aliphatic heterocycles. The Morgan fingerprint density at radius 3 is 2.45 bits per heavy atom. The number of pyridine rings is 1. The van der Waals surface area contributed by atoms with Gasteiger partial charge in [0.25, 0.3) is 0 Å². The standard InChI is InChI=1S/C36H56N8O9/c1-22(2)9-6-13-35(3,4)31-30(51-5)26(12-14-36(31)21-52-36)53-34(50)42-20-28(46)43-24(11-8-16-40-33(37)38)32(49)41-19-27(45)44-25(17-29(47)48)23-10-7-15-39-18-23/h7,9-10,15,18,24-26,30-31H,6,8,11-14,16-17,19-21H2,1-5H3,(H,41,49)(H,42,50)(H,43,46)(H,44,45)(H,47,48)(H4,37,38,40)/t24-,25?,26+,30+,31+,36-/m0/s1. The largest absolute Gasteiger partial charge is 0.481 e. The number of aliphatic carboxylic acids is 1. The van der Waals surface area contributed by atoms with E-state index in [-0.39, 0.29) is 35.9 Å². The number of nitrogens with two attached hydrogens (primary N) is 2. The highest BCUT2D eigenvalue weighted by atomic mass is 16.6. The molecule has 6 atom stereocenters. The number of methoxy groups -OCH3 is 1. The first-order chi connectivity index (χ1) is 25.1. The highest BCUT2D eigenvalue weighted by Gasteiger charge is 2.63. The average Bonchev–Trinajstić information content (AvgIpc) is 3.86. The molecule has 1 aliphatic carbocycles. The van der Waals surface area contributed by atoms with Gasteiger partial charge in [0.15, 0.2) is 5.96 Å². The van der Waals surface area contributed by atoms with Crippen molar-refractivity contribution in [1.29, 1.82) is 0 Å². The van der Waals surface area contributed by atoms with E-state index in [1.54, 1.807) is 19.2 Å². The van der Waals surface area contributed by atoms with E-state index in [9.17, 15) is 29.1 Å². The number of allylic oxidation sites excluding steroid dienone is 2. The molecule has 2 fully saturated rings. The number of carboxylic acid groups (broad SMARTS) is 1. The zero-order chi connectivity index (χ0) is 39.2. The summed E-state index contributed by atoms with van der Waals surface area (Å²) in [7, 11) is 1.60. The van der Waals surface area contributed by atoms with Crippen molar-refractivity contribution in [3.63, 3.8) is 0 Å². The maximum absolute atomic E-state index is 13.1. The zero-order valence-electron chi connectivity index (χ0n) is 31.3. The molecular formula is C36H56N8O9. The van der Waals surface area contributed by atoms with Gasteiger partial charge >= 0.3 is 12.1 Å². The van der Waals surface area contributed by atoms with Crippen LogP contribution in [0.3, 0.4) is 0 Å². The van der Waals surface area contributed by atoms with E-state index < -0.39 is 73.6 Å². The van der Waals surface area contributed by atoms with E-state index in [2.05, 4.69) is 65.0 Å². The third kappa shape index (κ3) is 13.6. The van der Waals surface area contributed by atoms with Crippen LogP contribution >= 0.6 is 0 Å². The van der Waals surface area contributed by atoms with Crippen LogP contribution in [-0.2, 0) is 33.4 Å². The average molecular weight is 745 g/mol. The van der Waals surface area contributed by atoms with E-state index >= 15 is 0 Å². The van der Waals surface area contributed by atoms with Crippen LogP contribution < -0.4 is 32.7 Å². The molecule has 9 N–H and O–H groups in total. The van der Waals surface area contributed by atoms with Crippen LogP contribution in [0, 0.1) is 11.3 Å². The molecule has 0 bridgehead atoms. The Kier molecular flexibility index (Phi) is 16.0. The smallest absolute Gasteiger partial charge is 0.407 e. The number of amides is 4. The van der Waals surface area contributed by atoms with Crippen LogP contribution in [0.5, 0.6) is 0 Å². The third-order valence-corrected chi connectivity index (χ3v) is 9.56. The number of nitrogens with zero attached hydrogens (tertiary/aromatic N) is 2. The van der Waals surface area contributed by atoms with E-state index in [1.165, 1.54) is 18.0 Å². The summed E-state index contributed by atoms with van der Waals surface area (Å²) in [5.41, 5.74) is 12.0. The SMILES string of the molecule is CO[C@H]1[C@H](C(C)(C)CCC=C(C)C)[C@]2(CC[C@H]1OC(=O)NCC(=O)N[C@@H](CCCN=C(N)N)C(=O)NCC(=O)NC(CC(=O)O)c1cccnc1)CO2. The molecule has 17 heteroatoms. The quantitative estimate of drug-likeness (QED) is 0.0329. The van der Waals surface area contributed by atoms with Gasteiger partial charge in [-0.15, -0.1) is 0 Å². The third-order valence-electron chi connectivity index (χ3n) is 9.56. The maximum atomic E-state index is 13.1. The van der Waals surface area contributed by atoms with Crippen LogP contribution in [0.1, 0.15) is 84.2 Å². The summed E-state index contributed by atoms with van der Waals surface area (Å²) in [6.07, 6.45) is 6.40. The number of epoxide rings is 1. The summed E-state index contributed by atoms with van der Waals surface area (Å²) in [5.74, 6) is -3.32. The molecule has 3 rings (SSSR count). The lowest BCUT2D eigenvalue weighted by Gasteiger charge is -2.48. The number of aliphatic imine (C=N–C) groups is 1. The van der Waals surface area contributed by atoms with Crippen LogP contribution in [0.4, 0.5) is 4.79 Å². The van der Waals surface area contributed by atoms with Crippen molar-refractivity contribution in [3.8, 4) is 0 Å². The molecule has 1 aromatic heterocycles. The van der Waals surface area contributed by atoms with Gasteiger partial charge in [0.05, 0.1) is 31.2 Å². The lowest BCUT2D eigenvalue weighted by Crippen LogP contribution is -2.56. The number of ether oxygens (including phenoxy) is 3. The molecule has 1 saturated heterocycles. The molecule has 1 saturated carbocycles. The molecule has 1 aromatic rings. The minimum absolute atomic E-state index is 0.0286. The van der Waals surface area contributed by atoms with Crippen molar-refractivity contribution in [1.82, 2.24) is 26.3 Å².